The van der Waals surface area contributed by atoms with Crippen LogP contribution in [0.25, 0.3) is 0 Å². The Morgan fingerprint density at radius 2 is 1.85 bits per heavy atom. The van der Waals surface area contributed by atoms with Crippen LogP contribution in [0.2, 0.25) is 0 Å². The third-order valence-electron chi connectivity index (χ3n) is 1.64. The maximum Gasteiger partial charge on any atom is 0.0270 e. The minimum atomic E-state index is 1.09. The molecule has 0 unspecified atom stereocenters. The second-order valence-corrected chi connectivity index (χ2v) is 2.56. The maximum atomic E-state index is 3.96. The Labute approximate surface area is 81.4 Å². The van der Waals surface area contributed by atoms with Crippen molar-refractivity contribution in [2.24, 2.45) is 0 Å². The van der Waals surface area contributed by atoms with Crippen molar-refractivity contribution in [3.05, 3.63) is 30.1 Å². The molecule has 0 saturated carbocycles. The van der Waals surface area contributed by atoms with Gasteiger partial charge >= 0.3 is 0 Å². The van der Waals surface area contributed by atoms with Gasteiger partial charge in [0.15, 0.2) is 0 Å². The molecule has 0 atom stereocenters. The summed E-state index contributed by atoms with van der Waals surface area (Å²) in [5.74, 6) is 0. The topological polar surface area (TPSA) is 24.9 Å². The van der Waals surface area contributed by atoms with Gasteiger partial charge in [0.2, 0.25) is 0 Å². The van der Waals surface area contributed by atoms with Crippen LogP contribution < -0.4 is 5.32 Å². The van der Waals surface area contributed by atoms with Crippen LogP contribution in [0.4, 0.5) is 0 Å². The molecule has 0 saturated heterocycles. The summed E-state index contributed by atoms with van der Waals surface area (Å²) in [6.45, 7) is 5.09. The molecule has 2 heteroatoms. The van der Waals surface area contributed by atoms with Crippen molar-refractivity contribution in [2.75, 3.05) is 13.6 Å². The summed E-state index contributed by atoms with van der Waals surface area (Å²) in [6, 6.07) is 4.13. The Bertz CT molecular complexity index is 185. The summed E-state index contributed by atoms with van der Waals surface area (Å²) in [4.78, 5) is 3.96. The molecule has 0 aliphatic rings. The largest absolute Gasteiger partial charge is 0.320 e. The summed E-state index contributed by atoms with van der Waals surface area (Å²) < 4.78 is 0. The van der Waals surface area contributed by atoms with Gasteiger partial charge in [0.1, 0.15) is 0 Å². The van der Waals surface area contributed by atoms with E-state index in [0.717, 1.165) is 13.0 Å². The SMILES string of the molecule is CC.CNCCCc1ccncc1. The fraction of sp³-hybridized carbons (Fsp3) is 0.545. The predicted octanol–water partition coefficient (Wildman–Crippen LogP) is 2.26. The number of hydrogen-bond donors (Lipinski definition) is 1. The monoisotopic (exact) mass is 180 g/mol. The lowest BCUT2D eigenvalue weighted by molar-refractivity contribution is 0.724. The minimum absolute atomic E-state index is 1.09. The number of pyridine rings is 1. The van der Waals surface area contributed by atoms with E-state index in [-0.39, 0.29) is 0 Å². The smallest absolute Gasteiger partial charge is 0.0270 e. The van der Waals surface area contributed by atoms with Gasteiger partial charge in [-0.05, 0) is 44.1 Å². The van der Waals surface area contributed by atoms with Gasteiger partial charge in [-0.25, -0.2) is 0 Å². The molecule has 74 valence electrons. The van der Waals surface area contributed by atoms with Crippen molar-refractivity contribution in [1.82, 2.24) is 10.3 Å². The Kier molecular flexibility index (Phi) is 8.57. The van der Waals surface area contributed by atoms with Crippen molar-refractivity contribution >= 4 is 0 Å². The van der Waals surface area contributed by atoms with E-state index in [0.29, 0.717) is 0 Å². The standard InChI is InChI=1S/C9H14N2.C2H6/c1-10-6-2-3-9-4-7-11-8-5-9;1-2/h4-5,7-8,10H,2-3,6H2,1H3;1-2H3. The molecule has 0 radical (unpaired) electrons. The number of nitrogens with zero attached hydrogens (tertiary/aromatic N) is 1. The van der Waals surface area contributed by atoms with Crippen LogP contribution in [0.15, 0.2) is 24.5 Å². The summed E-state index contributed by atoms with van der Waals surface area (Å²) in [6.07, 6.45) is 6.02. The van der Waals surface area contributed by atoms with E-state index in [9.17, 15) is 0 Å². The minimum Gasteiger partial charge on any atom is -0.320 e. The normalized spacial score (nSPS) is 8.85. The highest BCUT2D eigenvalue weighted by Crippen LogP contribution is 1.99. The van der Waals surface area contributed by atoms with Gasteiger partial charge in [0.25, 0.3) is 0 Å². The van der Waals surface area contributed by atoms with E-state index >= 15 is 0 Å². The molecule has 0 fully saturated rings. The van der Waals surface area contributed by atoms with Gasteiger partial charge in [-0.2, -0.15) is 0 Å². The zero-order valence-corrected chi connectivity index (χ0v) is 8.88. The Hall–Kier alpha value is -0.890. The van der Waals surface area contributed by atoms with Crippen molar-refractivity contribution in [1.29, 1.82) is 0 Å². The Morgan fingerprint density at radius 3 is 2.38 bits per heavy atom. The van der Waals surface area contributed by atoms with E-state index in [2.05, 4.69) is 22.4 Å². The Morgan fingerprint density at radius 1 is 1.23 bits per heavy atom. The molecule has 0 aromatic carbocycles. The molecule has 13 heavy (non-hydrogen) atoms. The molecule has 0 aliphatic carbocycles. The quantitative estimate of drug-likeness (QED) is 0.719. The number of nitrogens with one attached hydrogen (secondary N) is 1. The average molecular weight is 180 g/mol. The summed E-state index contributed by atoms with van der Waals surface area (Å²) in [5.41, 5.74) is 1.37. The number of rotatable bonds is 4. The summed E-state index contributed by atoms with van der Waals surface area (Å²) in [7, 11) is 1.98. The third-order valence-corrected chi connectivity index (χ3v) is 1.64. The second-order valence-electron chi connectivity index (χ2n) is 2.56. The first-order chi connectivity index (χ1) is 6.43. The van der Waals surface area contributed by atoms with Gasteiger partial charge in [-0.1, -0.05) is 13.8 Å². The van der Waals surface area contributed by atoms with Gasteiger partial charge in [0, 0.05) is 12.4 Å². The summed E-state index contributed by atoms with van der Waals surface area (Å²) in [5, 5.41) is 3.12. The fourth-order valence-corrected chi connectivity index (χ4v) is 1.02. The zero-order valence-electron chi connectivity index (χ0n) is 8.88. The molecule has 1 aromatic heterocycles. The molecule has 2 nitrogen and oxygen atoms in total. The fourth-order valence-electron chi connectivity index (χ4n) is 1.02. The van der Waals surface area contributed by atoms with Crippen LogP contribution >= 0.6 is 0 Å². The van der Waals surface area contributed by atoms with Crippen molar-refractivity contribution in [3.63, 3.8) is 0 Å². The molecule has 1 heterocycles. The number of hydrogen-bond acceptors (Lipinski definition) is 2. The van der Waals surface area contributed by atoms with Gasteiger partial charge < -0.3 is 5.32 Å². The van der Waals surface area contributed by atoms with Gasteiger partial charge in [0.05, 0.1) is 0 Å². The first-order valence-electron chi connectivity index (χ1n) is 4.97. The Balaban J connectivity index is 0.000000671. The van der Waals surface area contributed by atoms with E-state index in [4.69, 9.17) is 0 Å². The molecule has 0 amide bonds. The molecule has 0 aliphatic heterocycles. The zero-order chi connectivity index (χ0) is 9.94. The molecule has 1 N–H and O–H groups in total. The molecular weight excluding hydrogens is 160 g/mol. The van der Waals surface area contributed by atoms with Gasteiger partial charge in [-0.3, -0.25) is 4.98 Å². The van der Waals surface area contributed by atoms with Gasteiger partial charge in [-0.15, -0.1) is 0 Å². The van der Waals surface area contributed by atoms with Crippen LogP contribution in [0.3, 0.4) is 0 Å². The van der Waals surface area contributed by atoms with Crippen molar-refractivity contribution in [3.8, 4) is 0 Å². The molecule has 0 bridgehead atoms. The molecule has 0 spiro atoms. The van der Waals surface area contributed by atoms with Crippen molar-refractivity contribution in [2.45, 2.75) is 26.7 Å². The molecular formula is C11H20N2. The lowest BCUT2D eigenvalue weighted by Crippen LogP contribution is -2.08. The maximum absolute atomic E-state index is 3.96. The van der Waals surface area contributed by atoms with E-state index in [1.807, 2.05) is 33.3 Å². The molecule has 1 aromatic rings. The van der Waals surface area contributed by atoms with Crippen LogP contribution in [-0.4, -0.2) is 18.6 Å². The van der Waals surface area contributed by atoms with E-state index in [1.54, 1.807) is 0 Å². The van der Waals surface area contributed by atoms with Crippen LogP contribution in [0.5, 0.6) is 0 Å². The van der Waals surface area contributed by atoms with Crippen molar-refractivity contribution < 1.29 is 0 Å². The first-order valence-corrected chi connectivity index (χ1v) is 4.97. The van der Waals surface area contributed by atoms with E-state index in [1.165, 1.54) is 12.0 Å². The second kappa shape index (κ2) is 9.20. The number of aromatic nitrogens is 1. The first kappa shape index (κ1) is 12.1. The average Bonchev–Trinajstić information content (AvgIpc) is 2.23. The highest BCUT2D eigenvalue weighted by atomic mass is 14.8. The highest BCUT2D eigenvalue weighted by molar-refractivity contribution is 5.09. The lowest BCUT2D eigenvalue weighted by Gasteiger charge is -1.98. The predicted molar refractivity (Wildman–Crippen MR) is 57.8 cm³/mol. The van der Waals surface area contributed by atoms with Crippen LogP contribution in [0, 0.1) is 0 Å². The van der Waals surface area contributed by atoms with Crippen LogP contribution in [0.1, 0.15) is 25.8 Å². The third kappa shape index (κ3) is 6.29. The number of aryl methyl sites for hydroxylation is 1. The highest BCUT2D eigenvalue weighted by Gasteiger charge is 1.89. The lowest BCUT2D eigenvalue weighted by atomic mass is 10.1. The van der Waals surface area contributed by atoms with Crippen LogP contribution in [-0.2, 0) is 6.42 Å². The van der Waals surface area contributed by atoms with E-state index < -0.39 is 0 Å². The summed E-state index contributed by atoms with van der Waals surface area (Å²) >= 11 is 0. The molecule has 1 rings (SSSR count).